The van der Waals surface area contributed by atoms with Crippen LogP contribution in [0.2, 0.25) is 0 Å². The van der Waals surface area contributed by atoms with Gasteiger partial charge in [-0.2, -0.15) is 13.2 Å². The van der Waals surface area contributed by atoms with E-state index < -0.39 is 17.4 Å². The molecule has 1 atom stereocenters. The highest BCUT2D eigenvalue weighted by Gasteiger charge is 2.32. The van der Waals surface area contributed by atoms with Gasteiger partial charge in [0.05, 0.1) is 5.92 Å². The Balaban J connectivity index is 2.02. The molecule has 21 heavy (non-hydrogen) atoms. The fourth-order valence-corrected chi connectivity index (χ4v) is 2.67. The minimum absolute atomic E-state index is 0.00360. The van der Waals surface area contributed by atoms with Crippen molar-refractivity contribution < 1.29 is 27.9 Å². The number of nitrogens with zero attached hydrogens (tertiary/aromatic N) is 1. The lowest BCUT2D eigenvalue weighted by Gasteiger charge is -2.16. The summed E-state index contributed by atoms with van der Waals surface area (Å²) >= 11 is -0.245. The number of hydrogen-bond donors (Lipinski definition) is 1. The number of thioether (sulfide) groups is 1. The average molecular weight is 319 g/mol. The van der Waals surface area contributed by atoms with E-state index in [1.165, 1.54) is 29.2 Å². The van der Waals surface area contributed by atoms with Crippen LogP contribution in [0, 0.1) is 5.92 Å². The predicted molar refractivity (Wildman–Crippen MR) is 70.0 cm³/mol. The zero-order valence-electron chi connectivity index (χ0n) is 10.8. The Hall–Kier alpha value is -1.70. The summed E-state index contributed by atoms with van der Waals surface area (Å²) in [4.78, 5) is 24.4. The molecule has 1 saturated heterocycles. The Morgan fingerprint density at radius 2 is 1.86 bits per heavy atom. The number of likely N-dealkylation sites (tertiary alicyclic amines) is 1. The van der Waals surface area contributed by atoms with Crippen LogP contribution in [0.15, 0.2) is 29.2 Å². The Morgan fingerprint density at radius 1 is 1.24 bits per heavy atom. The van der Waals surface area contributed by atoms with Crippen LogP contribution in [-0.4, -0.2) is 40.5 Å². The number of carbonyl (C=O) groups excluding carboxylic acids is 1. The lowest BCUT2D eigenvalue weighted by Crippen LogP contribution is -2.29. The maximum absolute atomic E-state index is 12.2. The zero-order chi connectivity index (χ0) is 15.6. The number of carboxylic acids is 1. The van der Waals surface area contributed by atoms with Crippen molar-refractivity contribution in [1.82, 2.24) is 4.90 Å². The SMILES string of the molecule is O=C(O)C1CCN(C(=O)c2ccc(SC(F)(F)F)cc2)C1. The molecule has 1 aliphatic heterocycles. The van der Waals surface area contributed by atoms with Crippen molar-refractivity contribution in [2.75, 3.05) is 13.1 Å². The summed E-state index contributed by atoms with van der Waals surface area (Å²) in [5.74, 6) is -1.88. The van der Waals surface area contributed by atoms with Crippen molar-refractivity contribution >= 4 is 23.6 Å². The number of alkyl halides is 3. The molecule has 0 aliphatic carbocycles. The number of carboxylic acid groups (broad SMARTS) is 1. The molecule has 1 N–H and O–H groups in total. The van der Waals surface area contributed by atoms with Gasteiger partial charge in [-0.05, 0) is 42.4 Å². The van der Waals surface area contributed by atoms with Crippen molar-refractivity contribution in [3.8, 4) is 0 Å². The van der Waals surface area contributed by atoms with E-state index in [-0.39, 0.29) is 34.7 Å². The third kappa shape index (κ3) is 4.13. The van der Waals surface area contributed by atoms with Crippen LogP contribution < -0.4 is 0 Å². The number of halogens is 3. The molecule has 0 saturated carbocycles. The van der Waals surface area contributed by atoms with Crippen LogP contribution in [0.4, 0.5) is 13.2 Å². The number of aliphatic carboxylic acids is 1. The highest BCUT2D eigenvalue weighted by Crippen LogP contribution is 2.36. The zero-order valence-corrected chi connectivity index (χ0v) is 11.6. The standard InChI is InChI=1S/C13H12F3NO3S/c14-13(15,16)21-10-3-1-8(2-4-10)11(18)17-6-5-9(7-17)12(19)20/h1-4,9H,5-7H2,(H,19,20). The Kier molecular flexibility index (Phi) is 4.46. The predicted octanol–water partition coefficient (Wildman–Crippen LogP) is 2.85. The van der Waals surface area contributed by atoms with Crippen LogP contribution >= 0.6 is 11.8 Å². The summed E-state index contributed by atoms with van der Waals surface area (Å²) in [6.45, 7) is 0.474. The smallest absolute Gasteiger partial charge is 0.446 e. The molecular weight excluding hydrogens is 307 g/mol. The molecule has 1 heterocycles. The molecule has 1 aromatic rings. The lowest BCUT2D eigenvalue weighted by molar-refractivity contribution is -0.141. The van der Waals surface area contributed by atoms with E-state index in [9.17, 15) is 22.8 Å². The monoisotopic (exact) mass is 319 g/mol. The van der Waals surface area contributed by atoms with Crippen molar-refractivity contribution in [2.45, 2.75) is 16.8 Å². The molecular formula is C13H12F3NO3S. The highest BCUT2D eigenvalue weighted by atomic mass is 32.2. The highest BCUT2D eigenvalue weighted by molar-refractivity contribution is 8.00. The van der Waals surface area contributed by atoms with E-state index in [2.05, 4.69) is 0 Å². The number of hydrogen-bond acceptors (Lipinski definition) is 3. The van der Waals surface area contributed by atoms with E-state index in [1.807, 2.05) is 0 Å². The van der Waals surface area contributed by atoms with Crippen LogP contribution in [0.1, 0.15) is 16.8 Å². The molecule has 1 fully saturated rings. The summed E-state index contributed by atoms with van der Waals surface area (Å²) < 4.78 is 36.6. The Morgan fingerprint density at radius 3 is 2.33 bits per heavy atom. The first-order valence-electron chi connectivity index (χ1n) is 6.14. The van der Waals surface area contributed by atoms with Crippen molar-refractivity contribution in [1.29, 1.82) is 0 Å². The topological polar surface area (TPSA) is 57.6 Å². The fraction of sp³-hybridized carbons (Fsp3) is 0.385. The number of rotatable bonds is 3. The molecule has 4 nitrogen and oxygen atoms in total. The third-order valence-corrected chi connectivity index (χ3v) is 3.90. The van der Waals surface area contributed by atoms with Crippen molar-refractivity contribution in [2.24, 2.45) is 5.92 Å². The molecule has 1 aromatic carbocycles. The van der Waals surface area contributed by atoms with Crippen LogP contribution in [0.5, 0.6) is 0 Å². The Labute approximate surface area is 122 Å². The average Bonchev–Trinajstić information content (AvgIpc) is 2.86. The molecule has 114 valence electrons. The second-order valence-corrected chi connectivity index (χ2v) is 5.79. The molecule has 8 heteroatoms. The molecule has 1 amide bonds. The first-order chi connectivity index (χ1) is 9.76. The van der Waals surface area contributed by atoms with E-state index in [4.69, 9.17) is 5.11 Å². The van der Waals surface area contributed by atoms with Gasteiger partial charge in [0.15, 0.2) is 0 Å². The van der Waals surface area contributed by atoms with Gasteiger partial charge in [-0.15, -0.1) is 0 Å². The minimum atomic E-state index is -4.37. The first kappa shape index (κ1) is 15.7. The summed E-state index contributed by atoms with van der Waals surface area (Å²) in [5.41, 5.74) is -4.11. The fourth-order valence-electron chi connectivity index (χ4n) is 2.13. The second kappa shape index (κ2) is 5.97. The largest absolute Gasteiger partial charge is 0.481 e. The maximum atomic E-state index is 12.2. The van der Waals surface area contributed by atoms with Gasteiger partial charge in [-0.25, -0.2) is 0 Å². The van der Waals surface area contributed by atoms with Gasteiger partial charge in [0.2, 0.25) is 0 Å². The quantitative estimate of drug-likeness (QED) is 0.871. The van der Waals surface area contributed by atoms with Gasteiger partial charge in [0.1, 0.15) is 0 Å². The first-order valence-corrected chi connectivity index (χ1v) is 6.96. The van der Waals surface area contributed by atoms with Crippen LogP contribution in [0.3, 0.4) is 0 Å². The summed E-state index contributed by atoms with van der Waals surface area (Å²) in [6, 6.07) is 5.11. The van der Waals surface area contributed by atoms with E-state index in [0.29, 0.717) is 13.0 Å². The van der Waals surface area contributed by atoms with E-state index in [1.54, 1.807) is 0 Å². The van der Waals surface area contributed by atoms with E-state index in [0.717, 1.165) is 0 Å². The van der Waals surface area contributed by atoms with Gasteiger partial charge in [0.25, 0.3) is 5.91 Å². The normalized spacial score (nSPS) is 18.8. The lowest BCUT2D eigenvalue weighted by atomic mass is 10.1. The third-order valence-electron chi connectivity index (χ3n) is 3.16. The van der Waals surface area contributed by atoms with E-state index >= 15 is 0 Å². The van der Waals surface area contributed by atoms with Gasteiger partial charge < -0.3 is 10.0 Å². The summed E-state index contributed by atoms with van der Waals surface area (Å²) in [5, 5.41) is 8.88. The molecule has 1 aliphatic rings. The maximum Gasteiger partial charge on any atom is 0.446 e. The van der Waals surface area contributed by atoms with Crippen molar-refractivity contribution in [3.63, 3.8) is 0 Å². The summed E-state index contributed by atoms with van der Waals surface area (Å²) in [7, 11) is 0. The molecule has 1 unspecified atom stereocenters. The van der Waals surface area contributed by atoms with Gasteiger partial charge in [-0.1, -0.05) is 0 Å². The molecule has 0 bridgehead atoms. The van der Waals surface area contributed by atoms with Gasteiger partial charge >= 0.3 is 11.5 Å². The Bertz CT molecular complexity index is 545. The molecule has 0 spiro atoms. The molecule has 0 radical (unpaired) electrons. The second-order valence-electron chi connectivity index (χ2n) is 4.65. The number of carbonyl (C=O) groups is 2. The minimum Gasteiger partial charge on any atom is -0.481 e. The van der Waals surface area contributed by atoms with Gasteiger partial charge in [0, 0.05) is 23.5 Å². The number of amides is 1. The number of benzene rings is 1. The van der Waals surface area contributed by atoms with Crippen LogP contribution in [-0.2, 0) is 4.79 Å². The molecule has 0 aromatic heterocycles. The van der Waals surface area contributed by atoms with Gasteiger partial charge in [-0.3, -0.25) is 9.59 Å². The molecule has 2 rings (SSSR count). The summed E-state index contributed by atoms with van der Waals surface area (Å²) in [6.07, 6.45) is 0.392. The van der Waals surface area contributed by atoms with Crippen molar-refractivity contribution in [3.05, 3.63) is 29.8 Å². The van der Waals surface area contributed by atoms with Crippen LogP contribution in [0.25, 0.3) is 0 Å².